The van der Waals surface area contributed by atoms with Crippen LogP contribution in [0.3, 0.4) is 0 Å². The molecule has 0 fully saturated rings. The summed E-state index contributed by atoms with van der Waals surface area (Å²) in [6.45, 7) is 5.49. The smallest absolute Gasteiger partial charge is 0.306 e. The molecule has 0 aliphatic carbocycles. The highest BCUT2D eigenvalue weighted by Gasteiger charge is 2.24. The van der Waals surface area contributed by atoms with E-state index in [1.54, 1.807) is 0 Å². The first-order chi connectivity index (χ1) is 7.60. The van der Waals surface area contributed by atoms with Crippen LogP contribution in [-0.4, -0.2) is 24.8 Å². The lowest BCUT2D eigenvalue weighted by Crippen LogP contribution is -2.22. The fourth-order valence-corrected chi connectivity index (χ4v) is 3.38. The highest BCUT2D eigenvalue weighted by Crippen LogP contribution is 2.31. The summed E-state index contributed by atoms with van der Waals surface area (Å²) < 4.78 is 28.5. The molecule has 1 aromatic rings. The lowest BCUT2D eigenvalue weighted by atomic mass is 10.2. The Bertz CT molecular complexity index is 512. The van der Waals surface area contributed by atoms with E-state index in [-0.39, 0.29) is 4.21 Å². The van der Waals surface area contributed by atoms with Crippen molar-refractivity contribution < 1.29 is 18.1 Å². The minimum atomic E-state index is -3.85. The van der Waals surface area contributed by atoms with E-state index in [2.05, 4.69) is 0 Å². The van der Waals surface area contributed by atoms with Crippen LogP contribution in [0, 0.1) is 10.1 Å². The second kappa shape index (κ2) is 4.61. The van der Waals surface area contributed by atoms with Crippen LogP contribution >= 0.6 is 11.3 Å². The van der Waals surface area contributed by atoms with Crippen LogP contribution in [-0.2, 0) is 9.84 Å². The van der Waals surface area contributed by atoms with Crippen LogP contribution in [0.25, 0.3) is 0 Å². The van der Waals surface area contributed by atoms with E-state index in [9.17, 15) is 18.5 Å². The van der Waals surface area contributed by atoms with Gasteiger partial charge in [-0.1, -0.05) is 11.3 Å². The fraction of sp³-hybridized carbons (Fsp3) is 0.556. The number of hydrogen-bond acceptors (Lipinski definition) is 6. The Balaban J connectivity index is 2.92. The maximum atomic E-state index is 11.5. The quantitative estimate of drug-likeness (QED) is 0.621. The number of rotatable bonds is 4. The Hall–Kier alpha value is -1.15. The Kier molecular flexibility index (Phi) is 3.78. The van der Waals surface area contributed by atoms with Gasteiger partial charge in [0.2, 0.25) is 0 Å². The van der Waals surface area contributed by atoms with Gasteiger partial charge < -0.3 is 4.74 Å². The minimum Gasteiger partial charge on any atom is -0.479 e. The maximum absolute atomic E-state index is 11.5. The first-order valence-electron chi connectivity index (χ1n) is 4.73. The third-order valence-corrected chi connectivity index (χ3v) is 4.61. The summed E-state index contributed by atoms with van der Waals surface area (Å²) in [5.41, 5.74) is -0.436. The van der Waals surface area contributed by atoms with E-state index >= 15 is 0 Å². The predicted octanol–water partition coefficient (Wildman–Crippen LogP) is 1.93. The molecule has 0 bridgehead atoms. The molecule has 6 nitrogen and oxygen atoms in total. The van der Waals surface area contributed by atoms with Crippen molar-refractivity contribution in [3.63, 3.8) is 0 Å². The van der Waals surface area contributed by atoms with Crippen molar-refractivity contribution in [1.29, 1.82) is 0 Å². The van der Waals surface area contributed by atoms with E-state index in [1.807, 2.05) is 20.8 Å². The van der Waals surface area contributed by atoms with Gasteiger partial charge in [-0.25, -0.2) is 8.42 Å². The third kappa shape index (κ3) is 4.31. The lowest BCUT2D eigenvalue weighted by Gasteiger charge is -2.19. The molecule has 1 rings (SSSR count). The van der Waals surface area contributed by atoms with Crippen molar-refractivity contribution in [2.45, 2.75) is 30.6 Å². The van der Waals surface area contributed by atoms with Gasteiger partial charge in [0.25, 0.3) is 9.84 Å². The third-order valence-electron chi connectivity index (χ3n) is 1.55. The van der Waals surface area contributed by atoms with Crippen molar-refractivity contribution in [2.24, 2.45) is 0 Å². The van der Waals surface area contributed by atoms with Gasteiger partial charge in [0, 0.05) is 4.92 Å². The molecule has 0 aliphatic heterocycles. The lowest BCUT2D eigenvalue weighted by molar-refractivity contribution is -0.458. The summed E-state index contributed by atoms with van der Waals surface area (Å²) in [5, 5.41) is 10.7. The van der Waals surface area contributed by atoms with Gasteiger partial charge in [0.15, 0.2) is 5.06 Å². The molecule has 0 spiro atoms. The van der Waals surface area contributed by atoms with Crippen LogP contribution in [0.15, 0.2) is 16.3 Å². The molecule has 0 amide bonds. The average molecular weight is 279 g/mol. The summed E-state index contributed by atoms with van der Waals surface area (Å²) in [5.74, 6) is -1.09. The summed E-state index contributed by atoms with van der Waals surface area (Å²) in [6.07, 6.45) is 0. The zero-order valence-electron chi connectivity index (χ0n) is 9.67. The Morgan fingerprint density at radius 1 is 1.41 bits per heavy atom. The molecule has 0 aromatic carbocycles. The average Bonchev–Trinajstić information content (AvgIpc) is 2.46. The van der Waals surface area contributed by atoms with Gasteiger partial charge in [0.05, 0.1) is 0 Å². The van der Waals surface area contributed by atoms with Gasteiger partial charge in [-0.3, -0.25) is 10.1 Å². The molecule has 1 aromatic heterocycles. The Labute approximate surface area is 103 Å². The van der Waals surface area contributed by atoms with Crippen molar-refractivity contribution in [3.8, 4) is 5.06 Å². The summed E-state index contributed by atoms with van der Waals surface area (Å²) in [7, 11) is -3.85. The van der Waals surface area contributed by atoms with Gasteiger partial charge in [-0.05, 0) is 32.9 Å². The molecule has 0 radical (unpaired) electrons. The first-order valence-corrected chi connectivity index (χ1v) is 7.20. The summed E-state index contributed by atoms with van der Waals surface area (Å²) >= 11 is 0.894. The molecular weight excluding hydrogens is 266 g/mol. The van der Waals surface area contributed by atoms with E-state index in [4.69, 9.17) is 4.74 Å². The van der Waals surface area contributed by atoms with Crippen LogP contribution in [0.4, 0.5) is 0 Å². The molecule has 1 heterocycles. The second-order valence-corrected chi connectivity index (χ2v) is 7.60. The van der Waals surface area contributed by atoms with Crippen LogP contribution in [0.1, 0.15) is 20.8 Å². The highest BCUT2D eigenvalue weighted by molar-refractivity contribution is 7.93. The van der Waals surface area contributed by atoms with E-state index in [0.717, 1.165) is 11.3 Å². The highest BCUT2D eigenvalue weighted by atomic mass is 32.2. The van der Waals surface area contributed by atoms with E-state index in [1.165, 1.54) is 12.1 Å². The minimum absolute atomic E-state index is 0.0477. The summed E-state index contributed by atoms with van der Waals surface area (Å²) in [4.78, 5) is 9.36. The van der Waals surface area contributed by atoms with Crippen molar-refractivity contribution >= 4 is 21.2 Å². The van der Waals surface area contributed by atoms with Crippen LogP contribution in [0.5, 0.6) is 5.06 Å². The molecule has 17 heavy (non-hydrogen) atoms. The number of nitro groups is 1. The molecule has 0 unspecified atom stereocenters. The van der Waals surface area contributed by atoms with Gasteiger partial charge in [0.1, 0.15) is 9.81 Å². The molecule has 0 saturated carbocycles. The monoisotopic (exact) mass is 279 g/mol. The van der Waals surface area contributed by atoms with Crippen molar-refractivity contribution in [3.05, 3.63) is 22.2 Å². The van der Waals surface area contributed by atoms with Crippen molar-refractivity contribution in [1.82, 2.24) is 0 Å². The number of hydrogen-bond donors (Lipinski definition) is 0. The van der Waals surface area contributed by atoms with Gasteiger partial charge in [-0.2, -0.15) is 0 Å². The Morgan fingerprint density at radius 3 is 2.47 bits per heavy atom. The Morgan fingerprint density at radius 2 is 2.00 bits per heavy atom. The number of nitrogens with zero attached hydrogens (tertiary/aromatic N) is 1. The van der Waals surface area contributed by atoms with Crippen LogP contribution in [0.2, 0.25) is 0 Å². The second-order valence-electron chi connectivity index (χ2n) is 4.36. The molecule has 0 aliphatic rings. The SMILES string of the molecule is CC(C)(C)Oc1ccc(S(=O)(=O)C[N+](=O)[O-])s1. The van der Waals surface area contributed by atoms with Crippen LogP contribution < -0.4 is 4.74 Å². The van der Waals surface area contributed by atoms with E-state index in [0.29, 0.717) is 5.06 Å². The summed E-state index contributed by atoms with van der Waals surface area (Å²) in [6, 6.07) is 2.83. The van der Waals surface area contributed by atoms with Gasteiger partial charge in [-0.15, -0.1) is 0 Å². The normalized spacial score (nSPS) is 12.4. The zero-order valence-corrected chi connectivity index (χ0v) is 11.3. The molecule has 0 N–H and O–H groups in total. The zero-order chi connectivity index (χ0) is 13.3. The molecular formula is C9H13NO5S2. The van der Waals surface area contributed by atoms with Gasteiger partial charge >= 0.3 is 5.88 Å². The standard InChI is InChI=1S/C9H13NO5S2/c1-9(2,3)15-7-4-5-8(16-7)17(13,14)6-10(11)12/h4-5H,6H2,1-3H3. The van der Waals surface area contributed by atoms with E-state index < -0.39 is 26.2 Å². The number of thiophene rings is 1. The maximum Gasteiger partial charge on any atom is 0.306 e. The number of ether oxygens (including phenoxy) is 1. The largest absolute Gasteiger partial charge is 0.479 e. The predicted molar refractivity (Wildman–Crippen MR) is 63.7 cm³/mol. The molecule has 0 atom stereocenters. The number of sulfone groups is 1. The topological polar surface area (TPSA) is 86.5 Å². The molecule has 0 saturated heterocycles. The molecule has 96 valence electrons. The van der Waals surface area contributed by atoms with Crippen molar-refractivity contribution in [2.75, 3.05) is 5.88 Å². The fourth-order valence-electron chi connectivity index (χ4n) is 1.03. The molecule has 8 heteroatoms. The first kappa shape index (κ1) is 13.9.